The van der Waals surface area contributed by atoms with Crippen LogP contribution in [0.4, 0.5) is 10.5 Å². The summed E-state index contributed by atoms with van der Waals surface area (Å²) in [6.07, 6.45) is 8.28. The number of anilines is 1. The van der Waals surface area contributed by atoms with E-state index in [2.05, 4.69) is 20.6 Å². The number of piperidine rings is 1. The molecule has 0 spiro atoms. The van der Waals surface area contributed by atoms with Gasteiger partial charge in [-0.1, -0.05) is 0 Å². The van der Waals surface area contributed by atoms with Crippen molar-refractivity contribution in [1.29, 1.82) is 0 Å². The molecule has 3 rings (SSSR count). The first-order valence-electron chi connectivity index (χ1n) is 7.89. The second-order valence-electron chi connectivity index (χ2n) is 5.75. The van der Waals surface area contributed by atoms with Gasteiger partial charge in [-0.15, -0.1) is 0 Å². The zero-order valence-corrected chi connectivity index (χ0v) is 13.5. The summed E-state index contributed by atoms with van der Waals surface area (Å²) in [5, 5.41) is 5.72. The summed E-state index contributed by atoms with van der Waals surface area (Å²) in [5.41, 5.74) is 0.623. The molecule has 3 amide bonds. The van der Waals surface area contributed by atoms with E-state index < -0.39 is 0 Å². The van der Waals surface area contributed by atoms with Gasteiger partial charge in [0.2, 0.25) is 5.91 Å². The summed E-state index contributed by atoms with van der Waals surface area (Å²) in [4.78, 5) is 33.4. The first-order chi connectivity index (χ1) is 11.6. The molecule has 1 aliphatic rings. The van der Waals surface area contributed by atoms with Crippen molar-refractivity contribution >= 4 is 17.6 Å². The van der Waals surface area contributed by atoms with Crippen molar-refractivity contribution < 1.29 is 9.59 Å². The van der Waals surface area contributed by atoms with Crippen LogP contribution in [-0.2, 0) is 4.79 Å². The minimum absolute atomic E-state index is 0.0822. The van der Waals surface area contributed by atoms with Gasteiger partial charge in [-0.05, 0) is 25.0 Å². The number of carbonyl (C=O) groups is 2. The van der Waals surface area contributed by atoms with E-state index in [9.17, 15) is 9.59 Å². The van der Waals surface area contributed by atoms with E-state index in [0.717, 1.165) is 18.7 Å². The average molecular weight is 328 g/mol. The van der Waals surface area contributed by atoms with Crippen LogP contribution in [0.5, 0.6) is 0 Å². The lowest BCUT2D eigenvalue weighted by atomic mass is 10.1. The molecule has 3 heterocycles. The van der Waals surface area contributed by atoms with Gasteiger partial charge >= 0.3 is 6.03 Å². The molecule has 24 heavy (non-hydrogen) atoms. The largest absolute Gasteiger partial charge is 0.343 e. The van der Waals surface area contributed by atoms with Crippen LogP contribution < -0.4 is 10.6 Å². The highest BCUT2D eigenvalue weighted by atomic mass is 16.2. The smallest absolute Gasteiger partial charge is 0.319 e. The van der Waals surface area contributed by atoms with Gasteiger partial charge in [0, 0.05) is 38.4 Å². The van der Waals surface area contributed by atoms with Crippen LogP contribution in [0.1, 0.15) is 19.8 Å². The van der Waals surface area contributed by atoms with Crippen LogP contribution in [0.25, 0.3) is 5.82 Å². The molecule has 8 heteroatoms. The number of amides is 3. The molecular weight excluding hydrogens is 308 g/mol. The van der Waals surface area contributed by atoms with Gasteiger partial charge in [0.25, 0.3) is 0 Å². The summed E-state index contributed by atoms with van der Waals surface area (Å²) in [5.74, 6) is 0.817. The maximum absolute atomic E-state index is 12.1. The molecule has 8 nitrogen and oxygen atoms in total. The molecule has 1 saturated heterocycles. The van der Waals surface area contributed by atoms with Crippen molar-refractivity contribution in [2.45, 2.75) is 25.8 Å². The topological polar surface area (TPSA) is 92.2 Å². The zero-order valence-electron chi connectivity index (χ0n) is 13.5. The van der Waals surface area contributed by atoms with Gasteiger partial charge in [0.15, 0.2) is 0 Å². The molecule has 0 aliphatic carbocycles. The maximum atomic E-state index is 12.1. The minimum atomic E-state index is -0.256. The Kier molecular flexibility index (Phi) is 4.74. The zero-order chi connectivity index (χ0) is 16.9. The van der Waals surface area contributed by atoms with E-state index in [1.54, 1.807) is 47.4 Å². The van der Waals surface area contributed by atoms with Gasteiger partial charge in [0.1, 0.15) is 12.1 Å². The fraction of sp³-hybridized carbons (Fsp3) is 0.375. The quantitative estimate of drug-likeness (QED) is 0.891. The van der Waals surface area contributed by atoms with E-state index in [4.69, 9.17) is 0 Å². The van der Waals surface area contributed by atoms with Crippen molar-refractivity contribution in [3.63, 3.8) is 0 Å². The summed E-state index contributed by atoms with van der Waals surface area (Å²) >= 11 is 0. The Morgan fingerprint density at radius 1 is 1.25 bits per heavy atom. The van der Waals surface area contributed by atoms with Crippen LogP contribution in [0.3, 0.4) is 0 Å². The van der Waals surface area contributed by atoms with Crippen LogP contribution >= 0.6 is 0 Å². The first-order valence-corrected chi connectivity index (χ1v) is 7.89. The van der Waals surface area contributed by atoms with E-state index in [1.165, 1.54) is 0 Å². The number of aromatic nitrogens is 3. The third kappa shape index (κ3) is 3.89. The van der Waals surface area contributed by atoms with Crippen LogP contribution in [0.2, 0.25) is 0 Å². The lowest BCUT2D eigenvalue weighted by Gasteiger charge is -2.31. The molecule has 0 unspecified atom stereocenters. The molecule has 126 valence electrons. The number of rotatable bonds is 3. The summed E-state index contributed by atoms with van der Waals surface area (Å²) < 4.78 is 1.78. The number of nitrogens with zero attached hydrogens (tertiary/aromatic N) is 4. The van der Waals surface area contributed by atoms with Gasteiger partial charge in [-0.2, -0.15) is 0 Å². The molecule has 1 fully saturated rings. The SMILES string of the molecule is CC(=O)N1CCC(NC(=O)Nc2ccc(-n3ccnc3)nc2)CC1. The predicted octanol–water partition coefficient (Wildman–Crippen LogP) is 1.40. The lowest BCUT2D eigenvalue weighted by Crippen LogP contribution is -2.47. The molecule has 2 aromatic heterocycles. The minimum Gasteiger partial charge on any atom is -0.343 e. The molecule has 0 saturated carbocycles. The Morgan fingerprint density at radius 2 is 2.04 bits per heavy atom. The summed E-state index contributed by atoms with van der Waals surface area (Å²) in [6.45, 7) is 2.93. The Morgan fingerprint density at radius 3 is 2.62 bits per heavy atom. The van der Waals surface area contributed by atoms with Crippen molar-refractivity contribution in [3.05, 3.63) is 37.1 Å². The molecule has 0 radical (unpaired) electrons. The highest BCUT2D eigenvalue weighted by Gasteiger charge is 2.21. The monoisotopic (exact) mass is 328 g/mol. The van der Waals surface area contributed by atoms with Gasteiger partial charge in [-0.25, -0.2) is 14.8 Å². The normalized spacial score (nSPS) is 15.1. The summed E-state index contributed by atoms with van der Waals surface area (Å²) in [6, 6.07) is 3.43. The third-order valence-corrected chi connectivity index (χ3v) is 4.05. The van der Waals surface area contributed by atoms with Crippen molar-refractivity contribution in [2.75, 3.05) is 18.4 Å². The molecule has 2 aromatic rings. The van der Waals surface area contributed by atoms with Crippen molar-refractivity contribution in [1.82, 2.24) is 24.8 Å². The van der Waals surface area contributed by atoms with E-state index in [-0.39, 0.29) is 18.0 Å². The number of nitrogens with one attached hydrogen (secondary N) is 2. The van der Waals surface area contributed by atoms with Crippen LogP contribution in [-0.4, -0.2) is 50.5 Å². The highest BCUT2D eigenvalue weighted by Crippen LogP contribution is 2.12. The van der Waals surface area contributed by atoms with Crippen LogP contribution in [0.15, 0.2) is 37.1 Å². The fourth-order valence-electron chi connectivity index (χ4n) is 2.70. The van der Waals surface area contributed by atoms with E-state index in [1.807, 2.05) is 6.07 Å². The Bertz CT molecular complexity index is 690. The van der Waals surface area contributed by atoms with Gasteiger partial charge < -0.3 is 15.5 Å². The standard InChI is InChI=1S/C16H20N6O2/c1-12(23)21-7-4-13(5-8-21)19-16(24)20-14-2-3-15(18-10-14)22-9-6-17-11-22/h2-3,6,9-11,13H,4-5,7-8H2,1H3,(H2,19,20,24). The van der Waals surface area contributed by atoms with E-state index in [0.29, 0.717) is 18.8 Å². The molecular formula is C16H20N6O2. The number of imidazole rings is 1. The molecule has 0 atom stereocenters. The third-order valence-electron chi connectivity index (χ3n) is 4.05. The van der Waals surface area contributed by atoms with Crippen molar-refractivity contribution in [2.24, 2.45) is 0 Å². The Balaban J connectivity index is 1.49. The van der Waals surface area contributed by atoms with Crippen molar-refractivity contribution in [3.8, 4) is 5.82 Å². The number of hydrogen-bond acceptors (Lipinski definition) is 4. The second kappa shape index (κ2) is 7.12. The second-order valence-corrected chi connectivity index (χ2v) is 5.75. The lowest BCUT2D eigenvalue weighted by molar-refractivity contribution is -0.129. The number of hydrogen-bond donors (Lipinski definition) is 2. The summed E-state index contributed by atoms with van der Waals surface area (Å²) in [7, 11) is 0. The highest BCUT2D eigenvalue weighted by molar-refractivity contribution is 5.89. The predicted molar refractivity (Wildman–Crippen MR) is 88.8 cm³/mol. The van der Waals surface area contributed by atoms with Crippen LogP contribution in [0, 0.1) is 0 Å². The number of likely N-dealkylation sites (tertiary alicyclic amines) is 1. The molecule has 0 bridgehead atoms. The number of pyridine rings is 1. The molecule has 2 N–H and O–H groups in total. The fourth-order valence-corrected chi connectivity index (χ4v) is 2.70. The number of urea groups is 1. The molecule has 0 aromatic carbocycles. The van der Waals surface area contributed by atoms with Gasteiger partial charge in [0.05, 0.1) is 11.9 Å². The van der Waals surface area contributed by atoms with E-state index >= 15 is 0 Å². The Labute approximate surface area is 139 Å². The molecule has 1 aliphatic heterocycles. The van der Waals surface area contributed by atoms with Gasteiger partial charge in [-0.3, -0.25) is 9.36 Å². The average Bonchev–Trinajstić information content (AvgIpc) is 3.10. The Hall–Kier alpha value is -2.90. The first kappa shape index (κ1) is 16.0. The maximum Gasteiger partial charge on any atom is 0.319 e. The number of carbonyl (C=O) groups excluding carboxylic acids is 2.